The summed E-state index contributed by atoms with van der Waals surface area (Å²) in [5, 5.41) is 9.31. The summed E-state index contributed by atoms with van der Waals surface area (Å²) >= 11 is 0. The van der Waals surface area contributed by atoms with Crippen LogP contribution in [0.3, 0.4) is 0 Å². The number of piperidine rings is 1. The van der Waals surface area contributed by atoms with Gasteiger partial charge in [0, 0.05) is 13.0 Å². The number of hydrogen-bond acceptors (Lipinski definition) is 2. The summed E-state index contributed by atoms with van der Waals surface area (Å²) in [6.07, 6.45) is 12.6. The molecule has 1 heterocycles. The molecule has 3 heteroatoms. The first kappa shape index (κ1) is 16.5. The Morgan fingerprint density at radius 3 is 2.47 bits per heavy atom. The highest BCUT2D eigenvalue weighted by molar-refractivity contribution is 5.76. The van der Waals surface area contributed by atoms with Gasteiger partial charge in [0.15, 0.2) is 0 Å². The fourth-order valence-corrected chi connectivity index (χ4v) is 2.90. The van der Waals surface area contributed by atoms with Crippen molar-refractivity contribution in [3.05, 3.63) is 0 Å². The Hall–Kier alpha value is -0.570. The van der Waals surface area contributed by atoms with E-state index in [1.165, 1.54) is 38.5 Å². The molecule has 1 fully saturated rings. The molecule has 0 spiro atoms. The number of aliphatic hydroxyl groups is 1. The number of amides is 1. The monoisotopic (exact) mass is 269 g/mol. The predicted molar refractivity (Wildman–Crippen MR) is 79.0 cm³/mol. The van der Waals surface area contributed by atoms with Gasteiger partial charge in [-0.05, 0) is 25.7 Å². The van der Waals surface area contributed by atoms with E-state index < -0.39 is 0 Å². The molecule has 3 nitrogen and oxygen atoms in total. The van der Waals surface area contributed by atoms with Crippen molar-refractivity contribution in [2.24, 2.45) is 0 Å². The average molecular weight is 269 g/mol. The minimum atomic E-state index is 0.0887. The van der Waals surface area contributed by atoms with Crippen molar-refractivity contribution in [2.45, 2.75) is 83.6 Å². The van der Waals surface area contributed by atoms with Gasteiger partial charge in [0.25, 0.3) is 0 Å². The zero-order valence-corrected chi connectivity index (χ0v) is 12.6. The van der Waals surface area contributed by atoms with Crippen LogP contribution < -0.4 is 0 Å². The molecule has 0 saturated carbocycles. The lowest BCUT2D eigenvalue weighted by atomic mass is 10.0. The van der Waals surface area contributed by atoms with E-state index in [4.69, 9.17) is 0 Å². The van der Waals surface area contributed by atoms with E-state index in [-0.39, 0.29) is 18.6 Å². The number of carbonyl (C=O) groups is 1. The first-order valence-electron chi connectivity index (χ1n) is 8.20. The molecule has 1 atom stereocenters. The molecule has 1 rings (SSSR count). The molecule has 1 saturated heterocycles. The molecule has 1 N–H and O–H groups in total. The lowest BCUT2D eigenvalue weighted by Gasteiger charge is -2.34. The van der Waals surface area contributed by atoms with Crippen molar-refractivity contribution in [3.8, 4) is 0 Å². The summed E-state index contributed by atoms with van der Waals surface area (Å²) < 4.78 is 0. The molecule has 0 aromatic heterocycles. The van der Waals surface area contributed by atoms with Gasteiger partial charge in [0.1, 0.15) is 0 Å². The number of carbonyl (C=O) groups excluding carboxylic acids is 1. The van der Waals surface area contributed by atoms with Gasteiger partial charge in [-0.15, -0.1) is 0 Å². The van der Waals surface area contributed by atoms with Crippen molar-refractivity contribution >= 4 is 5.91 Å². The number of rotatable bonds is 9. The molecule has 1 aliphatic heterocycles. The van der Waals surface area contributed by atoms with Gasteiger partial charge in [-0.3, -0.25) is 4.79 Å². The van der Waals surface area contributed by atoms with Crippen LogP contribution in [-0.4, -0.2) is 35.1 Å². The highest BCUT2D eigenvalue weighted by atomic mass is 16.3. The largest absolute Gasteiger partial charge is 0.394 e. The molecule has 0 aromatic rings. The second-order valence-corrected chi connectivity index (χ2v) is 5.79. The first-order chi connectivity index (χ1) is 9.29. The van der Waals surface area contributed by atoms with Crippen molar-refractivity contribution in [3.63, 3.8) is 0 Å². The molecule has 0 bridgehead atoms. The fraction of sp³-hybridized carbons (Fsp3) is 0.938. The van der Waals surface area contributed by atoms with E-state index in [2.05, 4.69) is 6.92 Å². The predicted octanol–water partition coefficient (Wildman–Crippen LogP) is 3.50. The smallest absolute Gasteiger partial charge is 0.222 e. The van der Waals surface area contributed by atoms with E-state index in [9.17, 15) is 9.90 Å². The van der Waals surface area contributed by atoms with Gasteiger partial charge in [-0.1, -0.05) is 45.4 Å². The number of unbranched alkanes of at least 4 members (excludes halogenated alkanes) is 6. The summed E-state index contributed by atoms with van der Waals surface area (Å²) in [4.78, 5) is 14.0. The van der Waals surface area contributed by atoms with Crippen LogP contribution in [0.4, 0.5) is 0 Å². The Morgan fingerprint density at radius 1 is 1.11 bits per heavy atom. The van der Waals surface area contributed by atoms with Crippen LogP contribution in [0.5, 0.6) is 0 Å². The van der Waals surface area contributed by atoms with Crippen molar-refractivity contribution in [1.29, 1.82) is 0 Å². The molecule has 0 radical (unpaired) electrons. The molecule has 1 aliphatic rings. The topological polar surface area (TPSA) is 40.5 Å². The summed E-state index contributed by atoms with van der Waals surface area (Å²) in [5.74, 6) is 0.257. The summed E-state index contributed by atoms with van der Waals surface area (Å²) in [7, 11) is 0. The van der Waals surface area contributed by atoms with Gasteiger partial charge in [-0.25, -0.2) is 0 Å². The van der Waals surface area contributed by atoms with Gasteiger partial charge < -0.3 is 10.0 Å². The lowest BCUT2D eigenvalue weighted by Crippen LogP contribution is -2.45. The van der Waals surface area contributed by atoms with Crippen LogP contribution >= 0.6 is 0 Å². The third-order valence-corrected chi connectivity index (χ3v) is 4.15. The standard InChI is InChI=1S/C16H31NO2/c1-2-3-4-5-6-7-8-12-16(19)17-13-10-9-11-15(17)14-18/h15,18H,2-14H2,1H3. The van der Waals surface area contributed by atoms with E-state index in [0.29, 0.717) is 6.42 Å². The van der Waals surface area contributed by atoms with E-state index in [1.807, 2.05) is 4.90 Å². The molecule has 1 amide bonds. The zero-order chi connectivity index (χ0) is 13.9. The third kappa shape index (κ3) is 6.42. The van der Waals surface area contributed by atoms with Gasteiger partial charge >= 0.3 is 0 Å². The Labute approximate surface area is 118 Å². The molecule has 1 unspecified atom stereocenters. The molecule has 19 heavy (non-hydrogen) atoms. The number of aliphatic hydroxyl groups excluding tert-OH is 1. The van der Waals surface area contributed by atoms with Crippen LogP contribution in [0.1, 0.15) is 77.6 Å². The summed E-state index contributed by atoms with van der Waals surface area (Å²) in [5.41, 5.74) is 0. The lowest BCUT2D eigenvalue weighted by molar-refractivity contribution is -0.136. The Balaban J connectivity index is 2.09. The van der Waals surface area contributed by atoms with Crippen molar-refractivity contribution in [1.82, 2.24) is 4.90 Å². The Bertz CT molecular complexity index is 243. The Kier molecular flexibility index (Phi) is 8.89. The van der Waals surface area contributed by atoms with Crippen LogP contribution in [0.2, 0.25) is 0 Å². The minimum Gasteiger partial charge on any atom is -0.394 e. The van der Waals surface area contributed by atoms with E-state index >= 15 is 0 Å². The fourth-order valence-electron chi connectivity index (χ4n) is 2.90. The van der Waals surface area contributed by atoms with Gasteiger partial charge in [-0.2, -0.15) is 0 Å². The summed E-state index contributed by atoms with van der Waals surface area (Å²) in [6.45, 7) is 3.21. The third-order valence-electron chi connectivity index (χ3n) is 4.15. The second-order valence-electron chi connectivity index (χ2n) is 5.79. The normalized spacial score (nSPS) is 19.7. The van der Waals surface area contributed by atoms with Crippen LogP contribution in [0.15, 0.2) is 0 Å². The maximum absolute atomic E-state index is 12.1. The summed E-state index contributed by atoms with van der Waals surface area (Å²) in [6, 6.07) is 0.0887. The number of hydrogen-bond donors (Lipinski definition) is 1. The van der Waals surface area contributed by atoms with E-state index in [1.54, 1.807) is 0 Å². The number of nitrogens with zero attached hydrogens (tertiary/aromatic N) is 1. The first-order valence-corrected chi connectivity index (χ1v) is 8.20. The van der Waals surface area contributed by atoms with Crippen molar-refractivity contribution < 1.29 is 9.90 Å². The molecule has 112 valence electrons. The average Bonchev–Trinajstić information content (AvgIpc) is 2.46. The second kappa shape index (κ2) is 10.2. The van der Waals surface area contributed by atoms with Crippen LogP contribution in [0.25, 0.3) is 0 Å². The highest BCUT2D eigenvalue weighted by Gasteiger charge is 2.25. The molecular formula is C16H31NO2. The Morgan fingerprint density at radius 2 is 1.79 bits per heavy atom. The van der Waals surface area contributed by atoms with Crippen LogP contribution in [-0.2, 0) is 4.79 Å². The van der Waals surface area contributed by atoms with E-state index in [0.717, 1.165) is 32.2 Å². The highest BCUT2D eigenvalue weighted by Crippen LogP contribution is 2.18. The zero-order valence-electron chi connectivity index (χ0n) is 12.6. The SMILES string of the molecule is CCCCCCCCCC(=O)N1CCCCC1CO. The molecular weight excluding hydrogens is 238 g/mol. The maximum Gasteiger partial charge on any atom is 0.222 e. The minimum absolute atomic E-state index is 0.0887. The van der Waals surface area contributed by atoms with Crippen molar-refractivity contribution in [2.75, 3.05) is 13.2 Å². The maximum atomic E-state index is 12.1. The van der Waals surface area contributed by atoms with Gasteiger partial charge in [0.05, 0.1) is 12.6 Å². The van der Waals surface area contributed by atoms with Crippen LogP contribution in [0, 0.1) is 0 Å². The number of likely N-dealkylation sites (tertiary alicyclic amines) is 1. The molecule has 0 aromatic carbocycles. The quantitative estimate of drug-likeness (QED) is 0.651. The van der Waals surface area contributed by atoms with Gasteiger partial charge in [0.2, 0.25) is 5.91 Å². The molecule has 0 aliphatic carbocycles.